The molecule has 2 amide bonds. The van der Waals surface area contributed by atoms with Crippen LogP contribution in [0, 0.1) is 5.82 Å². The number of carbonyl (C=O) groups is 2. The lowest BCUT2D eigenvalue weighted by Crippen LogP contribution is -2.38. The van der Waals surface area contributed by atoms with Gasteiger partial charge in [-0.15, -0.1) is 0 Å². The summed E-state index contributed by atoms with van der Waals surface area (Å²) in [6, 6.07) is 7.56. The first-order valence-corrected chi connectivity index (χ1v) is 8.47. The smallest absolute Gasteiger partial charge is 0.252 e. The number of carbonyl (C=O) groups excluding carboxylic acids is 2. The maximum Gasteiger partial charge on any atom is 0.252 e. The number of benzene rings is 1. The summed E-state index contributed by atoms with van der Waals surface area (Å²) in [5, 5.41) is 8.99. The van der Waals surface area contributed by atoms with E-state index in [-0.39, 0.29) is 43.2 Å². The van der Waals surface area contributed by atoms with Crippen molar-refractivity contribution in [3.63, 3.8) is 0 Å². The molecule has 1 heterocycles. The molecule has 0 spiro atoms. The molecule has 7 heteroatoms. The van der Waals surface area contributed by atoms with E-state index in [2.05, 4.69) is 10.6 Å². The Bertz CT molecular complexity index is 676. The van der Waals surface area contributed by atoms with Crippen LogP contribution in [0.1, 0.15) is 23.7 Å². The Kier molecular flexibility index (Phi) is 6.74. The summed E-state index contributed by atoms with van der Waals surface area (Å²) < 4.78 is 18.7. The number of para-hydroxylation sites is 1. The van der Waals surface area contributed by atoms with Gasteiger partial charge in [-0.2, -0.15) is 11.3 Å². The quantitative estimate of drug-likeness (QED) is 0.769. The molecule has 1 aromatic heterocycles. The number of halogens is 1. The van der Waals surface area contributed by atoms with Gasteiger partial charge in [-0.05, 0) is 30.5 Å². The Morgan fingerprint density at radius 3 is 2.79 bits per heavy atom. The zero-order chi connectivity index (χ0) is 17.4. The van der Waals surface area contributed by atoms with E-state index in [0.29, 0.717) is 5.56 Å². The summed E-state index contributed by atoms with van der Waals surface area (Å²) in [5.41, 5.74) is 0.590. The predicted molar refractivity (Wildman–Crippen MR) is 90.8 cm³/mol. The van der Waals surface area contributed by atoms with Gasteiger partial charge in [0.2, 0.25) is 5.91 Å². The van der Waals surface area contributed by atoms with Crippen LogP contribution in [-0.4, -0.2) is 31.0 Å². The first-order valence-electron chi connectivity index (χ1n) is 7.53. The van der Waals surface area contributed by atoms with Crippen LogP contribution in [0.3, 0.4) is 0 Å². The molecule has 0 saturated carbocycles. The van der Waals surface area contributed by atoms with E-state index in [1.165, 1.54) is 23.5 Å². The van der Waals surface area contributed by atoms with Crippen LogP contribution in [0.4, 0.5) is 4.39 Å². The molecule has 0 aliphatic carbocycles. The van der Waals surface area contributed by atoms with Crippen LogP contribution in [0.25, 0.3) is 0 Å². The Hall–Kier alpha value is -2.41. The van der Waals surface area contributed by atoms with Crippen LogP contribution in [0.2, 0.25) is 0 Å². The highest BCUT2D eigenvalue weighted by atomic mass is 32.1. The van der Waals surface area contributed by atoms with E-state index in [4.69, 9.17) is 4.74 Å². The highest BCUT2D eigenvalue weighted by Gasteiger charge is 2.11. The Balaban J connectivity index is 1.64. The predicted octanol–water partition coefficient (Wildman–Crippen LogP) is 2.59. The first kappa shape index (κ1) is 17.9. The molecule has 0 fully saturated rings. The first-order chi connectivity index (χ1) is 11.6. The van der Waals surface area contributed by atoms with Crippen molar-refractivity contribution in [3.05, 3.63) is 52.5 Å². The van der Waals surface area contributed by atoms with Gasteiger partial charge < -0.3 is 15.4 Å². The van der Waals surface area contributed by atoms with Crippen molar-refractivity contribution in [1.29, 1.82) is 0 Å². The van der Waals surface area contributed by atoms with Crippen LogP contribution in [-0.2, 0) is 4.79 Å². The van der Waals surface area contributed by atoms with E-state index in [0.717, 1.165) is 0 Å². The summed E-state index contributed by atoms with van der Waals surface area (Å²) in [5.74, 6) is -0.681. The molecule has 128 valence electrons. The fourth-order valence-corrected chi connectivity index (χ4v) is 2.59. The molecule has 2 rings (SSSR count). The standard InChI is InChI=1S/C17H19FN2O3S/c1-12(10-23-15-5-3-2-4-14(15)18)20-16(21)6-8-19-17(22)13-7-9-24-11-13/h2-5,7,9,11-12H,6,8,10H2,1H3,(H,19,22)(H,20,21). The fraction of sp³-hybridized carbons (Fsp3) is 0.294. The van der Waals surface area contributed by atoms with Crippen LogP contribution < -0.4 is 15.4 Å². The molecule has 1 atom stereocenters. The summed E-state index contributed by atoms with van der Waals surface area (Å²) in [7, 11) is 0. The largest absolute Gasteiger partial charge is 0.488 e. The normalized spacial score (nSPS) is 11.6. The second kappa shape index (κ2) is 9.02. The highest BCUT2D eigenvalue weighted by Crippen LogP contribution is 2.15. The van der Waals surface area contributed by atoms with Gasteiger partial charge in [0.1, 0.15) is 6.61 Å². The number of amides is 2. The molecule has 1 unspecified atom stereocenters. The van der Waals surface area contributed by atoms with Crippen molar-refractivity contribution >= 4 is 23.2 Å². The summed E-state index contributed by atoms with van der Waals surface area (Å²) in [6.07, 6.45) is 0.167. The van der Waals surface area contributed by atoms with Crippen LogP contribution in [0.5, 0.6) is 5.75 Å². The molecule has 24 heavy (non-hydrogen) atoms. The van der Waals surface area contributed by atoms with Gasteiger partial charge in [0.05, 0.1) is 6.04 Å². The second-order valence-electron chi connectivity index (χ2n) is 5.23. The lowest BCUT2D eigenvalue weighted by molar-refractivity contribution is -0.121. The number of nitrogens with one attached hydrogen (secondary N) is 2. The topological polar surface area (TPSA) is 67.4 Å². The van der Waals surface area contributed by atoms with Crippen molar-refractivity contribution in [2.45, 2.75) is 19.4 Å². The number of hydrogen-bond acceptors (Lipinski definition) is 4. The zero-order valence-corrected chi connectivity index (χ0v) is 14.1. The lowest BCUT2D eigenvalue weighted by Gasteiger charge is -2.15. The Morgan fingerprint density at radius 1 is 1.29 bits per heavy atom. The van der Waals surface area contributed by atoms with E-state index in [9.17, 15) is 14.0 Å². The molecule has 0 radical (unpaired) electrons. The van der Waals surface area contributed by atoms with Gasteiger partial charge in [-0.1, -0.05) is 12.1 Å². The van der Waals surface area contributed by atoms with E-state index in [1.807, 2.05) is 5.38 Å². The van der Waals surface area contributed by atoms with E-state index in [1.54, 1.807) is 30.5 Å². The monoisotopic (exact) mass is 350 g/mol. The fourth-order valence-electron chi connectivity index (χ4n) is 1.95. The maximum absolute atomic E-state index is 13.4. The molecule has 5 nitrogen and oxygen atoms in total. The minimum absolute atomic E-state index is 0.154. The van der Waals surface area contributed by atoms with E-state index >= 15 is 0 Å². The zero-order valence-electron chi connectivity index (χ0n) is 13.3. The van der Waals surface area contributed by atoms with Crippen molar-refractivity contribution in [2.24, 2.45) is 0 Å². The van der Waals surface area contributed by atoms with Crippen molar-refractivity contribution in [3.8, 4) is 5.75 Å². The lowest BCUT2D eigenvalue weighted by atomic mass is 10.3. The third kappa shape index (κ3) is 5.66. The van der Waals surface area contributed by atoms with Crippen molar-refractivity contribution < 1.29 is 18.7 Å². The van der Waals surface area contributed by atoms with Crippen LogP contribution >= 0.6 is 11.3 Å². The number of rotatable bonds is 8. The second-order valence-corrected chi connectivity index (χ2v) is 6.01. The van der Waals surface area contributed by atoms with E-state index < -0.39 is 5.82 Å². The molecule has 2 N–H and O–H groups in total. The summed E-state index contributed by atoms with van der Waals surface area (Å²) in [4.78, 5) is 23.5. The molecule has 0 saturated heterocycles. The third-order valence-electron chi connectivity index (χ3n) is 3.15. The molecule has 2 aromatic rings. The summed E-state index contributed by atoms with van der Waals surface area (Å²) >= 11 is 1.44. The van der Waals surface area contributed by atoms with Crippen molar-refractivity contribution in [2.75, 3.05) is 13.2 Å². The SMILES string of the molecule is CC(COc1ccccc1F)NC(=O)CCNC(=O)c1ccsc1. The van der Waals surface area contributed by atoms with Gasteiger partial charge in [-0.25, -0.2) is 4.39 Å². The van der Waals surface area contributed by atoms with Gasteiger partial charge in [0.25, 0.3) is 5.91 Å². The molecule has 1 aromatic carbocycles. The minimum atomic E-state index is -0.438. The van der Waals surface area contributed by atoms with Crippen LogP contribution in [0.15, 0.2) is 41.1 Å². The Labute approximate surface area is 143 Å². The van der Waals surface area contributed by atoms with Gasteiger partial charge in [0.15, 0.2) is 11.6 Å². The Morgan fingerprint density at radius 2 is 2.08 bits per heavy atom. The molecular formula is C17H19FN2O3S. The molecule has 0 bridgehead atoms. The molecule has 0 aliphatic heterocycles. The number of ether oxygens (including phenoxy) is 1. The maximum atomic E-state index is 13.4. The van der Waals surface area contributed by atoms with Gasteiger partial charge in [0, 0.05) is 23.9 Å². The molecular weight excluding hydrogens is 331 g/mol. The van der Waals surface area contributed by atoms with Crippen molar-refractivity contribution in [1.82, 2.24) is 10.6 Å². The molecule has 0 aliphatic rings. The number of hydrogen-bond donors (Lipinski definition) is 2. The third-order valence-corrected chi connectivity index (χ3v) is 3.84. The van der Waals surface area contributed by atoms with Gasteiger partial charge >= 0.3 is 0 Å². The average molecular weight is 350 g/mol. The minimum Gasteiger partial charge on any atom is -0.488 e. The van der Waals surface area contributed by atoms with Gasteiger partial charge in [-0.3, -0.25) is 9.59 Å². The highest BCUT2D eigenvalue weighted by molar-refractivity contribution is 7.08. The number of thiophene rings is 1. The summed E-state index contributed by atoms with van der Waals surface area (Å²) in [6.45, 7) is 2.18. The average Bonchev–Trinajstić information content (AvgIpc) is 3.08.